The van der Waals surface area contributed by atoms with Crippen LogP contribution in [-0.2, 0) is 0 Å². The van der Waals surface area contributed by atoms with Crippen molar-refractivity contribution < 1.29 is 0 Å². The fraction of sp³-hybridized carbons (Fsp3) is 0.882. The maximum absolute atomic E-state index is 5.79. The Labute approximate surface area is 132 Å². The summed E-state index contributed by atoms with van der Waals surface area (Å²) in [6.07, 6.45) is 19.8. The van der Waals surface area contributed by atoms with E-state index in [-0.39, 0.29) is 23.0 Å². The largest absolute Gasteiger partial charge is 0.324 e. The van der Waals surface area contributed by atoms with Crippen molar-refractivity contribution in [3.63, 3.8) is 0 Å². The molecule has 0 saturated heterocycles. The molecule has 0 bridgehead atoms. The van der Waals surface area contributed by atoms with Crippen LogP contribution in [0.15, 0.2) is 12.7 Å². The molecule has 1 atom stereocenters. The standard InChI is InChI=1S/C17H35N.BrH/c1-3-5-6-7-8-9-10-11-12-13-14-15-16-17(18)4-2;/h4,17H,2-3,5-16,18H2,1H3;1H. The van der Waals surface area contributed by atoms with E-state index in [1.54, 1.807) is 0 Å². The van der Waals surface area contributed by atoms with Crippen LogP contribution in [0.25, 0.3) is 0 Å². The Bertz CT molecular complexity index is 171. The molecule has 0 fully saturated rings. The summed E-state index contributed by atoms with van der Waals surface area (Å²) >= 11 is 0. The number of rotatable bonds is 14. The quantitative estimate of drug-likeness (QED) is 0.298. The molecule has 0 rings (SSSR count). The van der Waals surface area contributed by atoms with Gasteiger partial charge >= 0.3 is 0 Å². The van der Waals surface area contributed by atoms with Crippen LogP contribution in [0.5, 0.6) is 0 Å². The first kappa shape index (κ1) is 21.5. The Hall–Kier alpha value is 0.180. The molecular formula is C17H36BrN. The Morgan fingerprint density at radius 2 is 1.16 bits per heavy atom. The molecule has 0 heterocycles. The van der Waals surface area contributed by atoms with Gasteiger partial charge in [-0.05, 0) is 6.42 Å². The number of halogens is 1. The maximum atomic E-state index is 5.79. The fourth-order valence-corrected chi connectivity index (χ4v) is 2.34. The van der Waals surface area contributed by atoms with Gasteiger partial charge in [-0.25, -0.2) is 0 Å². The van der Waals surface area contributed by atoms with E-state index in [1.165, 1.54) is 77.0 Å². The number of unbranched alkanes of at least 4 members (excludes halogenated alkanes) is 11. The normalized spacial score (nSPS) is 11.9. The molecule has 0 spiro atoms. The van der Waals surface area contributed by atoms with Gasteiger partial charge in [-0.3, -0.25) is 0 Å². The van der Waals surface area contributed by atoms with Crippen LogP contribution >= 0.6 is 17.0 Å². The van der Waals surface area contributed by atoms with Gasteiger partial charge in [0.05, 0.1) is 0 Å². The fourth-order valence-electron chi connectivity index (χ4n) is 2.34. The monoisotopic (exact) mass is 333 g/mol. The van der Waals surface area contributed by atoms with E-state index in [2.05, 4.69) is 13.5 Å². The van der Waals surface area contributed by atoms with Crippen molar-refractivity contribution in [1.82, 2.24) is 0 Å². The first-order valence-electron chi connectivity index (χ1n) is 8.19. The van der Waals surface area contributed by atoms with Crippen molar-refractivity contribution in [2.75, 3.05) is 0 Å². The van der Waals surface area contributed by atoms with Gasteiger partial charge in [0, 0.05) is 6.04 Å². The molecule has 1 nitrogen and oxygen atoms in total. The maximum Gasteiger partial charge on any atom is 0.0221 e. The third-order valence-corrected chi connectivity index (χ3v) is 3.69. The van der Waals surface area contributed by atoms with Crippen LogP contribution in [0.4, 0.5) is 0 Å². The van der Waals surface area contributed by atoms with Gasteiger partial charge in [0.2, 0.25) is 0 Å². The molecule has 2 N–H and O–H groups in total. The van der Waals surface area contributed by atoms with Crippen LogP contribution in [0, 0.1) is 0 Å². The highest BCUT2D eigenvalue weighted by molar-refractivity contribution is 8.93. The van der Waals surface area contributed by atoms with E-state index < -0.39 is 0 Å². The molecule has 0 aromatic rings. The second kappa shape index (κ2) is 18.2. The van der Waals surface area contributed by atoms with E-state index in [0.717, 1.165) is 6.42 Å². The summed E-state index contributed by atoms with van der Waals surface area (Å²) in [6, 6.07) is 0.216. The molecule has 0 radical (unpaired) electrons. The SMILES string of the molecule is Br.C=CC(N)CCCCCCCCCCCCCC. The van der Waals surface area contributed by atoms with Crippen molar-refractivity contribution in [1.29, 1.82) is 0 Å². The Balaban J connectivity index is 0. The predicted molar refractivity (Wildman–Crippen MR) is 94.2 cm³/mol. The van der Waals surface area contributed by atoms with Crippen LogP contribution < -0.4 is 5.73 Å². The van der Waals surface area contributed by atoms with Gasteiger partial charge in [-0.2, -0.15) is 0 Å². The van der Waals surface area contributed by atoms with Crippen LogP contribution in [0.3, 0.4) is 0 Å². The predicted octanol–water partition coefficient (Wildman–Crippen LogP) is 6.17. The van der Waals surface area contributed by atoms with E-state index in [0.29, 0.717) is 0 Å². The zero-order chi connectivity index (χ0) is 13.5. The van der Waals surface area contributed by atoms with E-state index in [1.807, 2.05) is 6.08 Å². The average Bonchev–Trinajstić information content (AvgIpc) is 2.39. The molecule has 2 heteroatoms. The lowest BCUT2D eigenvalue weighted by Crippen LogP contribution is -2.15. The lowest BCUT2D eigenvalue weighted by Gasteiger charge is -2.05. The first-order valence-corrected chi connectivity index (χ1v) is 8.19. The Kier molecular flexibility index (Phi) is 20.6. The number of hydrogen-bond donors (Lipinski definition) is 1. The highest BCUT2D eigenvalue weighted by atomic mass is 79.9. The molecule has 1 unspecified atom stereocenters. The lowest BCUT2D eigenvalue weighted by atomic mass is 10.0. The van der Waals surface area contributed by atoms with E-state index in [9.17, 15) is 0 Å². The summed E-state index contributed by atoms with van der Waals surface area (Å²) in [5.74, 6) is 0. The molecule has 0 aliphatic rings. The van der Waals surface area contributed by atoms with Crippen LogP contribution in [0.2, 0.25) is 0 Å². The molecular weight excluding hydrogens is 298 g/mol. The smallest absolute Gasteiger partial charge is 0.0221 e. The zero-order valence-electron chi connectivity index (χ0n) is 13.0. The molecule has 0 aliphatic carbocycles. The summed E-state index contributed by atoms with van der Waals surface area (Å²) in [6.45, 7) is 5.99. The van der Waals surface area contributed by atoms with Gasteiger partial charge in [0.15, 0.2) is 0 Å². The molecule has 116 valence electrons. The van der Waals surface area contributed by atoms with Crippen LogP contribution in [0.1, 0.15) is 90.4 Å². The third kappa shape index (κ3) is 18.2. The van der Waals surface area contributed by atoms with Crippen molar-refractivity contribution in [2.45, 2.75) is 96.4 Å². The third-order valence-electron chi connectivity index (χ3n) is 3.69. The molecule has 0 saturated carbocycles. The molecule has 0 aromatic heterocycles. The minimum Gasteiger partial charge on any atom is -0.324 e. The summed E-state index contributed by atoms with van der Waals surface area (Å²) < 4.78 is 0. The summed E-state index contributed by atoms with van der Waals surface area (Å²) in [7, 11) is 0. The highest BCUT2D eigenvalue weighted by Crippen LogP contribution is 2.12. The Morgan fingerprint density at radius 1 is 0.789 bits per heavy atom. The molecule has 19 heavy (non-hydrogen) atoms. The summed E-state index contributed by atoms with van der Waals surface area (Å²) in [5.41, 5.74) is 5.79. The van der Waals surface area contributed by atoms with Gasteiger partial charge in [-0.15, -0.1) is 23.6 Å². The highest BCUT2D eigenvalue weighted by Gasteiger charge is 1.96. The topological polar surface area (TPSA) is 26.0 Å². The number of hydrogen-bond acceptors (Lipinski definition) is 1. The molecule has 0 aromatic carbocycles. The minimum atomic E-state index is 0. The minimum absolute atomic E-state index is 0. The van der Waals surface area contributed by atoms with Gasteiger partial charge < -0.3 is 5.73 Å². The van der Waals surface area contributed by atoms with Crippen molar-refractivity contribution in [2.24, 2.45) is 5.73 Å². The van der Waals surface area contributed by atoms with E-state index in [4.69, 9.17) is 5.73 Å². The van der Waals surface area contributed by atoms with Crippen molar-refractivity contribution >= 4 is 17.0 Å². The molecule has 0 amide bonds. The molecule has 0 aliphatic heterocycles. The van der Waals surface area contributed by atoms with E-state index >= 15 is 0 Å². The van der Waals surface area contributed by atoms with Crippen molar-refractivity contribution in [3.05, 3.63) is 12.7 Å². The second-order valence-electron chi connectivity index (χ2n) is 5.58. The van der Waals surface area contributed by atoms with Gasteiger partial charge in [0.1, 0.15) is 0 Å². The summed E-state index contributed by atoms with van der Waals surface area (Å²) in [5, 5.41) is 0. The number of nitrogens with two attached hydrogens (primary N) is 1. The van der Waals surface area contributed by atoms with Crippen molar-refractivity contribution in [3.8, 4) is 0 Å². The second-order valence-corrected chi connectivity index (χ2v) is 5.58. The first-order chi connectivity index (χ1) is 8.81. The lowest BCUT2D eigenvalue weighted by molar-refractivity contribution is 0.534. The average molecular weight is 334 g/mol. The van der Waals surface area contributed by atoms with Gasteiger partial charge in [0.25, 0.3) is 0 Å². The zero-order valence-corrected chi connectivity index (χ0v) is 14.8. The van der Waals surface area contributed by atoms with Crippen LogP contribution in [-0.4, -0.2) is 6.04 Å². The summed E-state index contributed by atoms with van der Waals surface area (Å²) in [4.78, 5) is 0. The van der Waals surface area contributed by atoms with Gasteiger partial charge in [-0.1, -0.05) is 90.0 Å². The Morgan fingerprint density at radius 3 is 1.53 bits per heavy atom.